The Hall–Kier alpha value is -2.45. The van der Waals surface area contributed by atoms with E-state index in [1.165, 1.54) is 0 Å². The molecule has 0 aliphatic carbocycles. The van der Waals surface area contributed by atoms with Gasteiger partial charge in [0.1, 0.15) is 0 Å². The van der Waals surface area contributed by atoms with Gasteiger partial charge in [-0.2, -0.15) is 83.4 Å². The molecule has 3 nitrogen and oxygen atoms in total. The number of carbonyl (C=O) groups excluding carboxylic acids is 2. The Morgan fingerprint density at radius 3 is 1.13 bits per heavy atom. The molecule has 224 valence electrons. The Balaban J connectivity index is 6.63. The van der Waals surface area contributed by atoms with Crippen molar-refractivity contribution in [3.05, 3.63) is 12.2 Å². The first-order valence-electron chi connectivity index (χ1n) is 8.70. The summed E-state index contributed by atoms with van der Waals surface area (Å²) in [5.41, 5.74) is -0.545. The second kappa shape index (κ2) is 9.63. The van der Waals surface area contributed by atoms with E-state index in [1.54, 1.807) is 0 Å². The number of rotatable bonds is 12. The zero-order valence-corrected chi connectivity index (χ0v) is 17.5. The number of Topliss-reactive ketones (excluding diaryl/α,β-unsaturated/α-hetero) is 1. The van der Waals surface area contributed by atoms with E-state index in [0.717, 1.165) is 6.92 Å². The molecule has 22 heteroatoms. The minimum atomic E-state index is -9.07. The van der Waals surface area contributed by atoms with Gasteiger partial charge in [0.05, 0.1) is 6.61 Å². The van der Waals surface area contributed by atoms with Gasteiger partial charge in [-0.1, -0.05) is 6.58 Å². The lowest BCUT2D eigenvalue weighted by Crippen LogP contribution is -2.76. The van der Waals surface area contributed by atoms with Gasteiger partial charge in [0, 0.05) is 12.0 Å². The van der Waals surface area contributed by atoms with Crippen LogP contribution in [0.5, 0.6) is 0 Å². The van der Waals surface area contributed by atoms with Crippen LogP contribution in [0.25, 0.3) is 0 Å². The maximum atomic E-state index is 13.7. The van der Waals surface area contributed by atoms with Crippen LogP contribution in [0, 0.1) is 0 Å². The van der Waals surface area contributed by atoms with Crippen molar-refractivity contribution in [1.82, 2.24) is 0 Å². The first kappa shape index (κ1) is 35.5. The lowest BCUT2D eigenvalue weighted by atomic mass is 9.86. The predicted octanol–water partition coefficient (Wildman–Crippen LogP) is 6.71. The first-order chi connectivity index (χ1) is 16.2. The number of halogens is 19. The lowest BCUT2D eigenvalue weighted by molar-refractivity contribution is -0.467. The van der Waals surface area contributed by atoms with Gasteiger partial charge < -0.3 is 4.74 Å². The summed E-state index contributed by atoms with van der Waals surface area (Å²) in [4.78, 5) is 22.1. The van der Waals surface area contributed by atoms with Crippen LogP contribution in [0.1, 0.15) is 13.3 Å². The summed E-state index contributed by atoms with van der Waals surface area (Å²) < 4.78 is 254. The van der Waals surface area contributed by atoms with Crippen LogP contribution >= 0.6 is 0 Å². The van der Waals surface area contributed by atoms with Crippen molar-refractivity contribution in [1.29, 1.82) is 0 Å². The Labute approximate surface area is 196 Å². The largest absolute Gasteiger partial charge is 0.462 e. The molecule has 0 aromatic heterocycles. The van der Waals surface area contributed by atoms with E-state index in [9.17, 15) is 93.0 Å². The summed E-state index contributed by atoms with van der Waals surface area (Å²) in [7, 11) is 0. The standard InChI is InChI=1S/C16H9F19O3/c1-5(2)7(37)38-4-3-6(36)8(17,18)9(19,20)10(21,22)11(23,24)12(25,26)13(27,28)14(29,30)15(31,32)16(33,34)35/h1,3-4H2,2H3. The molecule has 0 saturated carbocycles. The zero-order chi connectivity index (χ0) is 31.4. The molecule has 0 spiro atoms. The molecule has 0 amide bonds. The Bertz CT molecular complexity index is 931. The van der Waals surface area contributed by atoms with Gasteiger partial charge in [-0.3, -0.25) is 4.79 Å². The van der Waals surface area contributed by atoms with Crippen molar-refractivity contribution < 1.29 is 97.7 Å². The highest BCUT2D eigenvalue weighted by atomic mass is 19.4. The molecule has 0 heterocycles. The average molecular weight is 610 g/mol. The molecule has 0 aliphatic heterocycles. The minimum Gasteiger partial charge on any atom is -0.462 e. The van der Waals surface area contributed by atoms with Crippen LogP contribution in [0.4, 0.5) is 83.4 Å². The smallest absolute Gasteiger partial charge is 0.460 e. The van der Waals surface area contributed by atoms with Gasteiger partial charge in [-0.05, 0) is 6.92 Å². The second-order valence-electron chi connectivity index (χ2n) is 7.18. The monoisotopic (exact) mass is 610 g/mol. The van der Waals surface area contributed by atoms with Crippen molar-refractivity contribution in [2.24, 2.45) is 0 Å². The molecule has 38 heavy (non-hydrogen) atoms. The number of hydrogen-bond acceptors (Lipinski definition) is 3. The van der Waals surface area contributed by atoms with Crippen molar-refractivity contribution in [3.63, 3.8) is 0 Å². The molecule has 0 N–H and O–H groups in total. The zero-order valence-electron chi connectivity index (χ0n) is 17.5. The topological polar surface area (TPSA) is 43.4 Å². The summed E-state index contributed by atoms with van der Waals surface area (Å²) in [5, 5.41) is 0. The van der Waals surface area contributed by atoms with E-state index in [4.69, 9.17) is 0 Å². The molecule has 0 unspecified atom stereocenters. The van der Waals surface area contributed by atoms with Crippen LogP contribution in [0.3, 0.4) is 0 Å². The van der Waals surface area contributed by atoms with Gasteiger partial charge in [0.15, 0.2) is 0 Å². The highest BCUT2D eigenvalue weighted by Crippen LogP contribution is 2.65. The molecule has 0 aromatic carbocycles. The van der Waals surface area contributed by atoms with E-state index < -0.39 is 83.9 Å². The van der Waals surface area contributed by atoms with Crippen LogP contribution in [0.15, 0.2) is 12.2 Å². The molecule has 0 radical (unpaired) electrons. The number of alkyl halides is 19. The summed E-state index contributed by atoms with van der Waals surface area (Å²) >= 11 is 0. The minimum absolute atomic E-state index is 0.545. The molecule has 0 fully saturated rings. The number of carbonyl (C=O) groups is 2. The van der Waals surface area contributed by atoms with Crippen molar-refractivity contribution in [2.45, 2.75) is 66.9 Å². The molecule has 0 aliphatic rings. The highest BCUT2D eigenvalue weighted by Gasteiger charge is 2.97. The van der Waals surface area contributed by atoms with Gasteiger partial charge in [0.25, 0.3) is 0 Å². The van der Waals surface area contributed by atoms with Crippen molar-refractivity contribution in [2.75, 3.05) is 6.61 Å². The highest BCUT2D eigenvalue weighted by molar-refractivity contribution is 5.89. The fraction of sp³-hybridized carbons (Fsp3) is 0.750. The summed E-state index contributed by atoms with van der Waals surface area (Å²) in [5.74, 6) is -73.7. The van der Waals surface area contributed by atoms with Crippen LogP contribution in [-0.2, 0) is 14.3 Å². The predicted molar refractivity (Wildman–Crippen MR) is 81.0 cm³/mol. The fourth-order valence-corrected chi connectivity index (χ4v) is 2.05. The third-order valence-corrected chi connectivity index (χ3v) is 4.38. The maximum absolute atomic E-state index is 13.7. The average Bonchev–Trinajstić information content (AvgIpc) is 2.71. The van der Waals surface area contributed by atoms with Gasteiger partial charge in [0.2, 0.25) is 5.78 Å². The molecule has 0 atom stereocenters. The SMILES string of the molecule is C=C(C)C(=O)OCCC(=O)C(F)(F)C(F)(F)C(F)(F)C(F)(F)C(F)(F)C(F)(F)C(F)(F)C(F)(F)C(F)(F)F. The molecular weight excluding hydrogens is 601 g/mol. The van der Waals surface area contributed by atoms with Crippen LogP contribution in [-0.4, -0.2) is 71.9 Å². The van der Waals surface area contributed by atoms with E-state index >= 15 is 0 Å². The van der Waals surface area contributed by atoms with Gasteiger partial charge in [-0.15, -0.1) is 0 Å². The summed E-state index contributed by atoms with van der Waals surface area (Å²) in [6.45, 7) is 2.04. The van der Waals surface area contributed by atoms with E-state index in [0.29, 0.717) is 0 Å². The van der Waals surface area contributed by atoms with Crippen LogP contribution in [0.2, 0.25) is 0 Å². The van der Waals surface area contributed by atoms with Crippen molar-refractivity contribution >= 4 is 11.8 Å². The quantitative estimate of drug-likeness (QED) is 0.140. The number of ketones is 1. The summed E-state index contributed by atoms with van der Waals surface area (Å²) in [6, 6.07) is 0. The number of ether oxygens (including phenoxy) is 1. The van der Waals surface area contributed by atoms with E-state index in [-0.39, 0.29) is 0 Å². The number of esters is 1. The molecule has 0 aromatic rings. The van der Waals surface area contributed by atoms with E-state index in [1.807, 2.05) is 0 Å². The fourth-order valence-electron chi connectivity index (χ4n) is 2.05. The van der Waals surface area contributed by atoms with Crippen LogP contribution < -0.4 is 0 Å². The lowest BCUT2D eigenvalue weighted by Gasteiger charge is -2.43. The molecule has 0 rings (SSSR count). The third-order valence-electron chi connectivity index (χ3n) is 4.38. The van der Waals surface area contributed by atoms with E-state index in [2.05, 4.69) is 11.3 Å². The summed E-state index contributed by atoms with van der Waals surface area (Å²) in [6.07, 6.45) is -10.3. The van der Waals surface area contributed by atoms with Crippen molar-refractivity contribution in [3.8, 4) is 0 Å². The second-order valence-corrected chi connectivity index (χ2v) is 7.18. The normalized spacial score (nSPS) is 15.4. The molecule has 0 saturated heterocycles. The Morgan fingerprint density at radius 1 is 0.553 bits per heavy atom. The third kappa shape index (κ3) is 4.86. The number of hydrogen-bond donors (Lipinski definition) is 0. The Morgan fingerprint density at radius 2 is 0.842 bits per heavy atom. The van der Waals surface area contributed by atoms with Gasteiger partial charge >= 0.3 is 59.5 Å². The molecular formula is C16H9F19O3. The Kier molecular flexibility index (Phi) is 9.01. The first-order valence-corrected chi connectivity index (χ1v) is 8.70. The van der Waals surface area contributed by atoms with Gasteiger partial charge in [-0.25, -0.2) is 4.79 Å². The molecule has 0 bridgehead atoms. The maximum Gasteiger partial charge on any atom is 0.460 e.